The van der Waals surface area contributed by atoms with Crippen LogP contribution in [-0.4, -0.2) is 25.4 Å². The molecule has 4 nitrogen and oxygen atoms in total. The summed E-state index contributed by atoms with van der Waals surface area (Å²) in [7, 11) is 3.03. The molecule has 0 amide bonds. The monoisotopic (exact) mass is 380 g/mol. The van der Waals surface area contributed by atoms with Gasteiger partial charge in [-0.2, -0.15) is 13.2 Å². The van der Waals surface area contributed by atoms with Gasteiger partial charge in [0, 0.05) is 22.7 Å². The first kappa shape index (κ1) is 18.2. The lowest BCUT2D eigenvalue weighted by Crippen LogP contribution is -2.06. The summed E-state index contributed by atoms with van der Waals surface area (Å²) in [5.74, 6) is 1.07. The number of aromatic nitrogens is 1. The fraction of sp³-hybridized carbons (Fsp3) is 0.222. The van der Waals surface area contributed by atoms with E-state index in [1.165, 1.54) is 20.4 Å². The topological polar surface area (TPSA) is 43.7 Å². The highest BCUT2D eigenvalue weighted by atomic mass is 32.1. The van der Waals surface area contributed by atoms with E-state index < -0.39 is 11.7 Å². The number of methoxy groups -OCH3 is 2. The Bertz CT molecular complexity index is 980. The third-order valence-corrected chi connectivity index (χ3v) is 4.58. The largest absolute Gasteiger partial charge is 0.493 e. The Morgan fingerprint density at radius 2 is 1.85 bits per heavy atom. The van der Waals surface area contributed by atoms with Crippen molar-refractivity contribution < 1.29 is 22.6 Å². The molecule has 0 aliphatic rings. The molecule has 0 N–H and O–H groups in total. The summed E-state index contributed by atoms with van der Waals surface area (Å²) < 4.78 is 50.6. The van der Waals surface area contributed by atoms with Crippen LogP contribution in [0.1, 0.15) is 16.8 Å². The van der Waals surface area contributed by atoms with Gasteiger partial charge >= 0.3 is 6.18 Å². The number of halogens is 3. The summed E-state index contributed by atoms with van der Waals surface area (Å²) in [5.41, 5.74) is 0.512. The van der Waals surface area contributed by atoms with Gasteiger partial charge in [0.2, 0.25) is 0 Å². The van der Waals surface area contributed by atoms with E-state index in [-0.39, 0.29) is 11.1 Å². The quantitative estimate of drug-likeness (QED) is 0.570. The Morgan fingerprint density at radius 1 is 1.12 bits per heavy atom. The zero-order chi connectivity index (χ0) is 18.9. The molecular formula is C18H15F3N2O2S. The summed E-state index contributed by atoms with van der Waals surface area (Å²) in [6, 6.07) is 6.19. The van der Waals surface area contributed by atoms with Crippen molar-refractivity contribution in [1.29, 1.82) is 0 Å². The number of ether oxygens (including phenoxy) is 2. The van der Waals surface area contributed by atoms with Crippen LogP contribution < -0.4 is 9.47 Å². The second kappa shape index (κ2) is 6.95. The van der Waals surface area contributed by atoms with Crippen molar-refractivity contribution in [2.45, 2.75) is 13.1 Å². The minimum atomic E-state index is -4.47. The first-order valence-corrected chi connectivity index (χ1v) is 8.43. The summed E-state index contributed by atoms with van der Waals surface area (Å²) >= 11 is 1.14. The van der Waals surface area contributed by atoms with Gasteiger partial charge in [-0.05, 0) is 36.8 Å². The molecule has 136 valence electrons. The number of benzene rings is 1. The van der Waals surface area contributed by atoms with E-state index in [0.717, 1.165) is 17.4 Å². The van der Waals surface area contributed by atoms with Crippen LogP contribution in [0.5, 0.6) is 11.5 Å². The van der Waals surface area contributed by atoms with E-state index >= 15 is 0 Å². The van der Waals surface area contributed by atoms with Gasteiger partial charge in [-0.3, -0.25) is 4.99 Å². The molecule has 0 unspecified atom stereocenters. The molecule has 0 fully saturated rings. The zero-order valence-electron chi connectivity index (χ0n) is 14.2. The number of rotatable bonds is 4. The molecule has 0 aliphatic carbocycles. The lowest BCUT2D eigenvalue weighted by molar-refractivity contribution is -0.136. The molecule has 3 rings (SSSR count). The average Bonchev–Trinajstić information content (AvgIpc) is 3.00. The fourth-order valence-electron chi connectivity index (χ4n) is 2.54. The SMILES string of the molecule is COc1ccc(C=Nc2csc3nc(C)cc(C(F)(F)F)c23)cc1OC. The highest BCUT2D eigenvalue weighted by Gasteiger charge is 2.34. The maximum absolute atomic E-state index is 13.4. The Kier molecular flexibility index (Phi) is 4.86. The van der Waals surface area contributed by atoms with E-state index in [0.29, 0.717) is 27.6 Å². The number of hydrogen-bond donors (Lipinski definition) is 0. The first-order chi connectivity index (χ1) is 12.3. The van der Waals surface area contributed by atoms with E-state index in [1.807, 2.05) is 0 Å². The number of aryl methyl sites for hydroxylation is 1. The number of alkyl halides is 3. The van der Waals surface area contributed by atoms with Crippen molar-refractivity contribution in [2.75, 3.05) is 14.2 Å². The van der Waals surface area contributed by atoms with Crippen molar-refractivity contribution in [2.24, 2.45) is 4.99 Å². The minimum Gasteiger partial charge on any atom is -0.493 e. The van der Waals surface area contributed by atoms with Crippen molar-refractivity contribution in [3.05, 3.63) is 46.5 Å². The molecule has 0 radical (unpaired) electrons. The van der Waals surface area contributed by atoms with Gasteiger partial charge in [0.05, 0.1) is 25.5 Å². The van der Waals surface area contributed by atoms with E-state index in [1.54, 1.807) is 30.5 Å². The molecule has 3 aromatic rings. The van der Waals surface area contributed by atoms with Gasteiger partial charge in [0.25, 0.3) is 0 Å². The lowest BCUT2D eigenvalue weighted by atomic mass is 10.1. The Balaban J connectivity index is 2.06. The maximum atomic E-state index is 13.4. The normalized spacial score (nSPS) is 12.1. The third-order valence-electron chi connectivity index (χ3n) is 3.72. The molecule has 0 spiro atoms. The molecule has 0 aliphatic heterocycles. The van der Waals surface area contributed by atoms with E-state index in [4.69, 9.17) is 9.47 Å². The highest BCUT2D eigenvalue weighted by Crippen LogP contribution is 2.41. The molecule has 0 saturated carbocycles. The number of fused-ring (bicyclic) bond motifs is 1. The van der Waals surface area contributed by atoms with E-state index in [2.05, 4.69) is 9.98 Å². The van der Waals surface area contributed by atoms with Crippen LogP contribution in [0.3, 0.4) is 0 Å². The predicted molar refractivity (Wildman–Crippen MR) is 96.2 cm³/mol. The van der Waals surface area contributed by atoms with E-state index in [9.17, 15) is 13.2 Å². The molecule has 8 heteroatoms. The molecule has 26 heavy (non-hydrogen) atoms. The molecular weight excluding hydrogens is 365 g/mol. The standard InChI is InChI=1S/C18H15F3N2O2S/c1-10-6-12(18(19,20)21)16-13(9-26-17(16)23-10)22-8-11-4-5-14(24-2)15(7-11)25-3/h4-9H,1-3H3. The zero-order valence-corrected chi connectivity index (χ0v) is 15.0. The minimum absolute atomic E-state index is 0.0184. The summed E-state index contributed by atoms with van der Waals surface area (Å²) in [5, 5.41) is 1.59. The summed E-state index contributed by atoms with van der Waals surface area (Å²) in [6.07, 6.45) is -2.98. The predicted octanol–water partition coefficient (Wildman–Crippen LogP) is 5.39. The number of pyridine rings is 1. The highest BCUT2D eigenvalue weighted by molar-refractivity contribution is 7.17. The van der Waals surface area contributed by atoms with Gasteiger partial charge in [-0.25, -0.2) is 4.98 Å². The van der Waals surface area contributed by atoms with Crippen LogP contribution in [-0.2, 0) is 6.18 Å². The van der Waals surface area contributed by atoms with Gasteiger partial charge < -0.3 is 9.47 Å². The second-order valence-electron chi connectivity index (χ2n) is 5.48. The van der Waals surface area contributed by atoms with Crippen LogP contribution >= 0.6 is 11.3 Å². The van der Waals surface area contributed by atoms with Gasteiger partial charge in [0.15, 0.2) is 11.5 Å². The lowest BCUT2D eigenvalue weighted by Gasteiger charge is -2.09. The maximum Gasteiger partial charge on any atom is 0.417 e. The van der Waals surface area contributed by atoms with Crippen LogP contribution in [0.4, 0.5) is 18.9 Å². The van der Waals surface area contributed by atoms with Crippen molar-refractivity contribution >= 4 is 33.5 Å². The number of aliphatic imine (C=N–C) groups is 1. The summed E-state index contributed by atoms with van der Waals surface area (Å²) in [6.45, 7) is 1.54. The van der Waals surface area contributed by atoms with Crippen LogP contribution in [0, 0.1) is 6.92 Å². The molecule has 2 aromatic heterocycles. The fourth-order valence-corrected chi connectivity index (χ4v) is 3.47. The molecule has 0 atom stereocenters. The van der Waals surface area contributed by atoms with Crippen LogP contribution in [0.2, 0.25) is 0 Å². The van der Waals surface area contributed by atoms with Gasteiger partial charge in [0.1, 0.15) is 4.83 Å². The Labute approximate surface area is 151 Å². The third kappa shape index (κ3) is 3.50. The van der Waals surface area contributed by atoms with Crippen molar-refractivity contribution in [3.8, 4) is 11.5 Å². The van der Waals surface area contributed by atoms with Crippen LogP contribution in [0.15, 0.2) is 34.6 Å². The summed E-state index contributed by atoms with van der Waals surface area (Å²) in [4.78, 5) is 8.75. The molecule has 0 bridgehead atoms. The smallest absolute Gasteiger partial charge is 0.417 e. The number of thiophene rings is 1. The second-order valence-corrected chi connectivity index (χ2v) is 6.34. The van der Waals surface area contributed by atoms with Crippen molar-refractivity contribution in [3.63, 3.8) is 0 Å². The van der Waals surface area contributed by atoms with Gasteiger partial charge in [-0.1, -0.05) is 0 Å². The Morgan fingerprint density at radius 3 is 2.50 bits per heavy atom. The number of nitrogens with zero attached hydrogens (tertiary/aromatic N) is 2. The molecule has 2 heterocycles. The number of hydrogen-bond acceptors (Lipinski definition) is 5. The average molecular weight is 380 g/mol. The Hall–Kier alpha value is -2.61. The van der Waals surface area contributed by atoms with Crippen LogP contribution in [0.25, 0.3) is 10.2 Å². The molecule has 1 aromatic carbocycles. The van der Waals surface area contributed by atoms with Gasteiger partial charge in [-0.15, -0.1) is 11.3 Å². The first-order valence-electron chi connectivity index (χ1n) is 7.55. The molecule has 0 saturated heterocycles. The van der Waals surface area contributed by atoms with Crippen molar-refractivity contribution in [1.82, 2.24) is 4.98 Å².